The third kappa shape index (κ3) is 3.47. The number of rotatable bonds is 5. The largest absolute Gasteiger partial charge is 0.337 e. The highest BCUT2D eigenvalue weighted by atomic mass is 35.5. The normalized spacial score (nSPS) is 9.75. The average molecular weight is 257 g/mol. The molecule has 86 valence electrons. The van der Waals surface area contributed by atoms with Crippen molar-refractivity contribution in [3.63, 3.8) is 0 Å². The van der Waals surface area contributed by atoms with Crippen LogP contribution in [0.4, 0.5) is 0 Å². The van der Waals surface area contributed by atoms with E-state index in [0.717, 1.165) is 17.8 Å². The molecule has 0 radical (unpaired) electrons. The second-order valence-corrected chi connectivity index (χ2v) is 4.25. The first-order valence-electron chi connectivity index (χ1n) is 4.89. The molecule has 0 aromatic carbocycles. The number of halogens is 1. The van der Waals surface area contributed by atoms with Gasteiger partial charge in [-0.15, -0.1) is 23.7 Å². The molecule has 0 N–H and O–H groups in total. The van der Waals surface area contributed by atoms with E-state index in [0.29, 0.717) is 6.42 Å². The molecule has 0 saturated carbocycles. The lowest BCUT2D eigenvalue weighted by Crippen LogP contribution is -2.00. The lowest BCUT2D eigenvalue weighted by molar-refractivity contribution is 0.0982. The van der Waals surface area contributed by atoms with E-state index < -0.39 is 0 Å². The van der Waals surface area contributed by atoms with Crippen LogP contribution in [0.2, 0.25) is 0 Å². The van der Waals surface area contributed by atoms with Crippen molar-refractivity contribution in [1.82, 2.24) is 9.55 Å². The van der Waals surface area contributed by atoms with Gasteiger partial charge in [-0.1, -0.05) is 6.07 Å². The van der Waals surface area contributed by atoms with Gasteiger partial charge in [-0.3, -0.25) is 4.79 Å². The SMILES string of the molecule is Cl.O=C(CCCn1ccnc1)c1cccs1. The Morgan fingerprint density at radius 2 is 2.38 bits per heavy atom. The van der Waals surface area contributed by atoms with Gasteiger partial charge in [0.05, 0.1) is 11.2 Å². The summed E-state index contributed by atoms with van der Waals surface area (Å²) in [4.78, 5) is 16.4. The van der Waals surface area contributed by atoms with Crippen molar-refractivity contribution in [3.8, 4) is 0 Å². The molecule has 2 heterocycles. The lowest BCUT2D eigenvalue weighted by atomic mass is 10.2. The fourth-order valence-electron chi connectivity index (χ4n) is 1.40. The monoisotopic (exact) mass is 256 g/mol. The van der Waals surface area contributed by atoms with E-state index in [2.05, 4.69) is 4.98 Å². The van der Waals surface area contributed by atoms with E-state index in [-0.39, 0.29) is 18.2 Å². The molecule has 0 atom stereocenters. The maximum Gasteiger partial charge on any atom is 0.172 e. The van der Waals surface area contributed by atoms with Gasteiger partial charge in [-0.05, 0) is 17.9 Å². The topological polar surface area (TPSA) is 34.9 Å². The fraction of sp³-hybridized carbons (Fsp3) is 0.273. The minimum atomic E-state index is 0. The number of aromatic nitrogens is 2. The van der Waals surface area contributed by atoms with E-state index in [4.69, 9.17) is 0 Å². The van der Waals surface area contributed by atoms with Crippen molar-refractivity contribution in [2.75, 3.05) is 0 Å². The molecule has 16 heavy (non-hydrogen) atoms. The Balaban J connectivity index is 0.00000128. The first-order chi connectivity index (χ1) is 7.36. The molecule has 0 fully saturated rings. The molecule has 0 unspecified atom stereocenters. The van der Waals surface area contributed by atoms with Gasteiger partial charge in [0, 0.05) is 25.4 Å². The number of carbonyl (C=O) groups is 1. The standard InChI is InChI=1S/C11H12N2OS.ClH/c14-10(11-4-2-8-15-11)3-1-6-13-7-5-12-9-13;/h2,4-5,7-9H,1,3,6H2;1H. The van der Waals surface area contributed by atoms with Crippen LogP contribution in [0.1, 0.15) is 22.5 Å². The molecule has 2 rings (SSSR count). The molecule has 0 aliphatic heterocycles. The van der Waals surface area contributed by atoms with E-state index in [1.54, 1.807) is 12.5 Å². The second kappa shape index (κ2) is 6.45. The minimum absolute atomic E-state index is 0. The summed E-state index contributed by atoms with van der Waals surface area (Å²) in [6, 6.07) is 3.79. The predicted molar refractivity (Wildman–Crippen MR) is 67.4 cm³/mol. The van der Waals surface area contributed by atoms with Gasteiger partial charge in [0.25, 0.3) is 0 Å². The first-order valence-corrected chi connectivity index (χ1v) is 5.76. The summed E-state index contributed by atoms with van der Waals surface area (Å²) in [6.07, 6.45) is 6.91. The van der Waals surface area contributed by atoms with Crippen LogP contribution < -0.4 is 0 Å². The Kier molecular flexibility index (Phi) is 5.22. The van der Waals surface area contributed by atoms with Crippen LogP contribution in [0.3, 0.4) is 0 Å². The highest BCUT2D eigenvalue weighted by molar-refractivity contribution is 7.12. The summed E-state index contributed by atoms with van der Waals surface area (Å²) in [6.45, 7) is 0.858. The third-order valence-electron chi connectivity index (χ3n) is 2.18. The molecule has 0 aliphatic rings. The zero-order chi connectivity index (χ0) is 10.5. The number of aryl methyl sites for hydroxylation is 1. The molecule has 0 aliphatic carbocycles. The van der Waals surface area contributed by atoms with Crippen LogP contribution in [0.15, 0.2) is 36.2 Å². The lowest BCUT2D eigenvalue weighted by Gasteiger charge is -2.00. The Morgan fingerprint density at radius 3 is 3.00 bits per heavy atom. The van der Waals surface area contributed by atoms with Crippen LogP contribution >= 0.6 is 23.7 Å². The smallest absolute Gasteiger partial charge is 0.172 e. The number of nitrogens with zero attached hydrogens (tertiary/aromatic N) is 2. The predicted octanol–water partition coefficient (Wildman–Crippen LogP) is 3.03. The van der Waals surface area contributed by atoms with E-state index in [9.17, 15) is 4.79 Å². The number of Topliss-reactive ketones (excluding diaryl/α,β-unsaturated/α-hetero) is 1. The number of ketones is 1. The number of hydrogen-bond donors (Lipinski definition) is 0. The van der Waals surface area contributed by atoms with Crippen molar-refractivity contribution >= 4 is 29.5 Å². The molecule has 0 spiro atoms. The van der Waals surface area contributed by atoms with Crippen molar-refractivity contribution < 1.29 is 4.79 Å². The maximum absolute atomic E-state index is 11.6. The van der Waals surface area contributed by atoms with Crippen molar-refractivity contribution in [2.45, 2.75) is 19.4 Å². The second-order valence-electron chi connectivity index (χ2n) is 3.30. The highest BCUT2D eigenvalue weighted by Crippen LogP contribution is 2.12. The van der Waals surface area contributed by atoms with E-state index >= 15 is 0 Å². The quantitative estimate of drug-likeness (QED) is 0.771. The highest BCUT2D eigenvalue weighted by Gasteiger charge is 2.05. The van der Waals surface area contributed by atoms with Gasteiger partial charge in [0.15, 0.2) is 5.78 Å². The molecule has 2 aromatic rings. The number of imidazole rings is 1. The summed E-state index contributed by atoms with van der Waals surface area (Å²) >= 11 is 1.51. The van der Waals surface area contributed by atoms with Crippen LogP contribution in [0.5, 0.6) is 0 Å². The van der Waals surface area contributed by atoms with Gasteiger partial charge < -0.3 is 4.57 Å². The molecule has 2 aromatic heterocycles. The van der Waals surface area contributed by atoms with Crippen molar-refractivity contribution in [2.24, 2.45) is 0 Å². The third-order valence-corrected chi connectivity index (χ3v) is 3.09. The number of hydrogen-bond acceptors (Lipinski definition) is 3. The summed E-state index contributed by atoms with van der Waals surface area (Å²) in [7, 11) is 0. The zero-order valence-electron chi connectivity index (χ0n) is 8.70. The number of carbonyl (C=O) groups excluding carboxylic acids is 1. The minimum Gasteiger partial charge on any atom is -0.337 e. The zero-order valence-corrected chi connectivity index (χ0v) is 10.3. The van der Waals surface area contributed by atoms with Crippen LogP contribution in [-0.4, -0.2) is 15.3 Å². The summed E-state index contributed by atoms with van der Waals surface area (Å²) in [5, 5.41) is 1.93. The fourth-order valence-corrected chi connectivity index (χ4v) is 2.10. The van der Waals surface area contributed by atoms with Crippen molar-refractivity contribution in [3.05, 3.63) is 41.1 Å². The van der Waals surface area contributed by atoms with E-state index in [1.807, 2.05) is 28.3 Å². The summed E-state index contributed by atoms with van der Waals surface area (Å²) in [5.41, 5.74) is 0. The van der Waals surface area contributed by atoms with Gasteiger partial charge >= 0.3 is 0 Å². The molecule has 0 amide bonds. The van der Waals surface area contributed by atoms with Crippen LogP contribution in [0.25, 0.3) is 0 Å². The Hall–Kier alpha value is -1.13. The Bertz CT molecular complexity index is 411. The van der Waals surface area contributed by atoms with Crippen molar-refractivity contribution in [1.29, 1.82) is 0 Å². The molecular formula is C11H13ClN2OS. The molecule has 0 bridgehead atoms. The molecule has 5 heteroatoms. The van der Waals surface area contributed by atoms with Gasteiger partial charge in [-0.2, -0.15) is 0 Å². The van der Waals surface area contributed by atoms with Crippen LogP contribution in [-0.2, 0) is 6.54 Å². The first kappa shape index (κ1) is 12.9. The van der Waals surface area contributed by atoms with Gasteiger partial charge in [0.1, 0.15) is 0 Å². The van der Waals surface area contributed by atoms with Gasteiger partial charge in [0.2, 0.25) is 0 Å². The van der Waals surface area contributed by atoms with Gasteiger partial charge in [-0.25, -0.2) is 4.98 Å². The number of thiophene rings is 1. The summed E-state index contributed by atoms with van der Waals surface area (Å²) in [5.74, 6) is 0.241. The molecular weight excluding hydrogens is 244 g/mol. The maximum atomic E-state index is 11.6. The Labute approximate surface area is 105 Å². The molecule has 3 nitrogen and oxygen atoms in total. The van der Waals surface area contributed by atoms with Crippen LogP contribution in [0, 0.1) is 0 Å². The summed E-state index contributed by atoms with van der Waals surface area (Å²) < 4.78 is 1.99. The molecule has 0 saturated heterocycles. The van der Waals surface area contributed by atoms with E-state index in [1.165, 1.54) is 11.3 Å². The average Bonchev–Trinajstić information content (AvgIpc) is 2.90. The Morgan fingerprint density at radius 1 is 1.50 bits per heavy atom.